The summed E-state index contributed by atoms with van der Waals surface area (Å²) >= 11 is 6.21. The van der Waals surface area contributed by atoms with E-state index in [0.29, 0.717) is 18.1 Å². The molecule has 0 radical (unpaired) electrons. The maximum Gasteiger partial charge on any atom is 0.222 e. The number of nitrogens with two attached hydrogens (primary N) is 1. The second kappa shape index (κ2) is 6.84. The van der Waals surface area contributed by atoms with E-state index in [0.717, 1.165) is 43.2 Å². The van der Waals surface area contributed by atoms with Gasteiger partial charge in [0.1, 0.15) is 5.82 Å². The largest absolute Gasteiger partial charge is 0.340 e. The van der Waals surface area contributed by atoms with Gasteiger partial charge in [-0.1, -0.05) is 11.6 Å². The van der Waals surface area contributed by atoms with Crippen molar-refractivity contribution < 1.29 is 4.39 Å². The van der Waals surface area contributed by atoms with Gasteiger partial charge in [-0.2, -0.15) is 5.10 Å². The van der Waals surface area contributed by atoms with E-state index in [1.165, 1.54) is 12.1 Å². The Balaban J connectivity index is 1.83. The van der Waals surface area contributed by atoms with E-state index >= 15 is 0 Å². The van der Waals surface area contributed by atoms with Crippen molar-refractivity contribution in [3.05, 3.63) is 34.6 Å². The van der Waals surface area contributed by atoms with E-state index in [2.05, 4.69) is 20.0 Å². The van der Waals surface area contributed by atoms with E-state index in [9.17, 15) is 4.39 Å². The lowest BCUT2D eigenvalue weighted by molar-refractivity contribution is 0.264. The summed E-state index contributed by atoms with van der Waals surface area (Å²) in [6, 6.07) is 4.58. The number of halogens is 2. The molecule has 2 N–H and O–H groups in total. The molecule has 1 saturated heterocycles. The molecular weight excluding hydrogens is 317 g/mol. The summed E-state index contributed by atoms with van der Waals surface area (Å²) in [5.74, 6) is 0.511. The molecule has 2 aliphatic rings. The van der Waals surface area contributed by atoms with Gasteiger partial charge < -0.3 is 15.5 Å². The smallest absolute Gasteiger partial charge is 0.222 e. The topological polar surface area (TPSA) is 57.2 Å². The average molecular weight is 338 g/mol. The zero-order valence-electron chi connectivity index (χ0n) is 13.2. The van der Waals surface area contributed by atoms with Crippen LogP contribution in [0.1, 0.15) is 25.3 Å². The Kier molecular flexibility index (Phi) is 4.82. The van der Waals surface area contributed by atoms with Crippen molar-refractivity contribution >= 4 is 23.3 Å². The second-order valence-electron chi connectivity index (χ2n) is 6.18. The van der Waals surface area contributed by atoms with Crippen molar-refractivity contribution in [1.29, 1.82) is 0 Å². The monoisotopic (exact) mass is 337 g/mol. The van der Waals surface area contributed by atoms with Crippen LogP contribution in [-0.4, -0.2) is 47.1 Å². The van der Waals surface area contributed by atoms with Crippen LogP contribution in [0.3, 0.4) is 0 Å². The van der Waals surface area contributed by atoms with Crippen LogP contribution in [0.5, 0.6) is 0 Å². The lowest BCUT2D eigenvalue weighted by Crippen LogP contribution is -2.53. The summed E-state index contributed by atoms with van der Waals surface area (Å²) in [4.78, 5) is 4.25. The third kappa shape index (κ3) is 3.82. The number of nitrogens with zero attached hydrogens (tertiary/aromatic N) is 4. The lowest BCUT2D eigenvalue weighted by atomic mass is 10.1. The van der Waals surface area contributed by atoms with Crippen LogP contribution < -0.4 is 5.73 Å². The third-order valence-corrected chi connectivity index (χ3v) is 4.49. The molecule has 23 heavy (non-hydrogen) atoms. The van der Waals surface area contributed by atoms with Crippen LogP contribution in [0, 0.1) is 5.82 Å². The van der Waals surface area contributed by atoms with Crippen molar-refractivity contribution in [3.63, 3.8) is 0 Å². The Morgan fingerprint density at radius 3 is 3.00 bits per heavy atom. The highest BCUT2D eigenvalue weighted by atomic mass is 35.5. The van der Waals surface area contributed by atoms with Gasteiger partial charge >= 0.3 is 0 Å². The van der Waals surface area contributed by atoms with Crippen LogP contribution in [-0.2, 0) is 6.54 Å². The van der Waals surface area contributed by atoms with Crippen LogP contribution in [0.25, 0.3) is 0 Å². The molecule has 0 unspecified atom stereocenters. The molecule has 0 bridgehead atoms. The van der Waals surface area contributed by atoms with Gasteiger partial charge in [0, 0.05) is 30.7 Å². The zero-order chi connectivity index (χ0) is 16.4. The Bertz CT molecular complexity index is 645. The van der Waals surface area contributed by atoms with E-state index in [4.69, 9.17) is 17.3 Å². The molecular formula is C16H21ClFN5. The van der Waals surface area contributed by atoms with Crippen LogP contribution in [0.2, 0.25) is 5.02 Å². The fourth-order valence-electron chi connectivity index (χ4n) is 3.02. The molecule has 5 nitrogen and oxygen atoms in total. The minimum Gasteiger partial charge on any atom is -0.340 e. The summed E-state index contributed by atoms with van der Waals surface area (Å²) in [6.45, 7) is 4.75. The molecule has 0 saturated carbocycles. The number of guanidine groups is 1. The molecule has 2 heterocycles. The van der Waals surface area contributed by atoms with Crippen LogP contribution in [0.4, 0.5) is 4.39 Å². The van der Waals surface area contributed by atoms with Crippen LogP contribution in [0.15, 0.2) is 28.4 Å². The summed E-state index contributed by atoms with van der Waals surface area (Å²) < 4.78 is 13.5. The molecule has 7 heteroatoms. The summed E-state index contributed by atoms with van der Waals surface area (Å²) in [5, 5.41) is 9.14. The van der Waals surface area contributed by atoms with Crippen molar-refractivity contribution in [2.24, 2.45) is 15.9 Å². The van der Waals surface area contributed by atoms with Gasteiger partial charge in [0.25, 0.3) is 0 Å². The normalized spacial score (nSPS) is 22.0. The first kappa shape index (κ1) is 16.2. The molecule has 0 spiro atoms. The fraction of sp³-hybridized carbons (Fsp3) is 0.500. The van der Waals surface area contributed by atoms with Crippen molar-refractivity contribution in [2.75, 3.05) is 19.6 Å². The van der Waals surface area contributed by atoms with Gasteiger partial charge in [0.2, 0.25) is 5.96 Å². The number of piperidine rings is 1. The maximum atomic E-state index is 13.5. The number of benzene rings is 1. The Labute approximate surface area is 140 Å². The van der Waals surface area contributed by atoms with Crippen molar-refractivity contribution in [3.8, 4) is 0 Å². The zero-order valence-corrected chi connectivity index (χ0v) is 13.9. The Hall–Kier alpha value is -1.66. The molecule has 2 aliphatic heterocycles. The number of hydrogen-bond donors (Lipinski definition) is 1. The molecule has 0 aromatic heterocycles. The minimum atomic E-state index is -0.287. The van der Waals surface area contributed by atoms with E-state index in [1.54, 1.807) is 6.07 Å². The maximum absolute atomic E-state index is 13.5. The fourth-order valence-corrected chi connectivity index (χ4v) is 3.20. The average Bonchev–Trinajstić information content (AvgIpc) is 2.51. The van der Waals surface area contributed by atoms with Crippen molar-refractivity contribution in [1.82, 2.24) is 9.80 Å². The van der Waals surface area contributed by atoms with Gasteiger partial charge in [-0.25, -0.2) is 4.39 Å². The number of rotatable bonds is 2. The van der Waals surface area contributed by atoms with Gasteiger partial charge in [0.15, 0.2) is 0 Å². The quantitative estimate of drug-likeness (QED) is 0.901. The van der Waals surface area contributed by atoms with Gasteiger partial charge in [0.05, 0.1) is 12.3 Å². The minimum absolute atomic E-state index is 0.151. The standard InChI is InChI=1S/C16H21ClFN5/c1-11-8-23(9-12-7-13(18)4-5-15(12)17)16(21-20-11)22-6-2-3-14(19)10-22/h4-5,7,14H,2-3,6,8-10,19H2,1H3/t14-/m1/s1. The Morgan fingerprint density at radius 1 is 1.39 bits per heavy atom. The first-order valence-electron chi connectivity index (χ1n) is 7.83. The summed E-state index contributed by atoms with van der Waals surface area (Å²) in [6.07, 6.45) is 2.07. The highest BCUT2D eigenvalue weighted by Gasteiger charge is 2.27. The van der Waals surface area contributed by atoms with Crippen molar-refractivity contribution in [2.45, 2.75) is 32.4 Å². The highest BCUT2D eigenvalue weighted by molar-refractivity contribution is 6.31. The molecule has 0 aliphatic carbocycles. The predicted molar refractivity (Wildman–Crippen MR) is 91.1 cm³/mol. The van der Waals surface area contributed by atoms with E-state index < -0.39 is 0 Å². The predicted octanol–water partition coefficient (Wildman–Crippen LogP) is 2.45. The number of hydrogen-bond acceptors (Lipinski definition) is 5. The summed E-state index contributed by atoms with van der Waals surface area (Å²) in [5.41, 5.74) is 7.74. The first-order chi connectivity index (χ1) is 11.0. The third-order valence-electron chi connectivity index (χ3n) is 4.12. The summed E-state index contributed by atoms with van der Waals surface area (Å²) in [7, 11) is 0. The van der Waals surface area contributed by atoms with E-state index in [-0.39, 0.29) is 11.9 Å². The molecule has 1 fully saturated rings. The highest BCUT2D eigenvalue weighted by Crippen LogP contribution is 2.21. The number of likely N-dealkylation sites (tertiary alicyclic amines) is 1. The van der Waals surface area contributed by atoms with E-state index in [1.807, 2.05) is 6.92 Å². The van der Waals surface area contributed by atoms with Crippen LogP contribution >= 0.6 is 11.6 Å². The second-order valence-corrected chi connectivity index (χ2v) is 6.58. The first-order valence-corrected chi connectivity index (χ1v) is 8.21. The molecule has 1 aromatic rings. The molecule has 0 amide bonds. The van der Waals surface area contributed by atoms with Gasteiger partial charge in [-0.3, -0.25) is 0 Å². The Morgan fingerprint density at radius 2 is 2.22 bits per heavy atom. The van der Waals surface area contributed by atoms with Gasteiger partial charge in [-0.05, 0) is 43.5 Å². The SMILES string of the molecule is CC1=NN=C(N2CCC[C@@H](N)C2)N(Cc2cc(F)ccc2Cl)C1. The molecule has 3 rings (SSSR count). The molecule has 1 aromatic carbocycles. The lowest BCUT2D eigenvalue weighted by Gasteiger charge is -2.39. The molecule has 124 valence electrons. The van der Waals surface area contributed by atoms with Gasteiger partial charge in [-0.15, -0.1) is 5.10 Å². The molecule has 1 atom stereocenters.